The van der Waals surface area contributed by atoms with Crippen molar-refractivity contribution in [3.05, 3.63) is 4.88 Å². The van der Waals surface area contributed by atoms with Crippen LogP contribution < -0.4 is 21.7 Å². The van der Waals surface area contributed by atoms with E-state index in [1.807, 2.05) is 0 Å². The van der Waals surface area contributed by atoms with Gasteiger partial charge < -0.3 is 21.7 Å². The van der Waals surface area contributed by atoms with E-state index in [2.05, 4.69) is 20.9 Å². The molecule has 0 bridgehead atoms. The number of amides is 2. The molecular weight excluding hydrogens is 290 g/mol. The van der Waals surface area contributed by atoms with E-state index in [0.717, 1.165) is 19.3 Å². The second-order valence-electron chi connectivity index (χ2n) is 5.52. The Morgan fingerprint density at radius 2 is 2.24 bits per heavy atom. The molecule has 0 spiro atoms. The maximum Gasteiger partial charge on any atom is 0.265 e. The molecule has 2 fully saturated rings. The van der Waals surface area contributed by atoms with E-state index in [4.69, 9.17) is 5.73 Å². The van der Waals surface area contributed by atoms with Crippen molar-refractivity contribution < 1.29 is 9.59 Å². The van der Waals surface area contributed by atoms with E-state index in [9.17, 15) is 9.59 Å². The Morgan fingerprint density at radius 3 is 2.86 bits per heavy atom. The van der Waals surface area contributed by atoms with E-state index in [1.165, 1.54) is 17.8 Å². The summed E-state index contributed by atoms with van der Waals surface area (Å²) in [7, 11) is 0. The van der Waals surface area contributed by atoms with Gasteiger partial charge in [0.15, 0.2) is 5.13 Å². The standard InChI is InChI=1S/C13H19N5O2S/c14-11-10(21-13(18-11)17-7-2-1-3-7)12(20)15-6-8-4-5-9(19)16-8/h7-8H,1-6,14H2,(H,15,20)(H,16,19)(H,17,18). The van der Waals surface area contributed by atoms with Gasteiger partial charge in [-0.05, 0) is 25.7 Å². The average molecular weight is 309 g/mol. The Balaban J connectivity index is 1.54. The lowest BCUT2D eigenvalue weighted by Gasteiger charge is -2.25. The van der Waals surface area contributed by atoms with Gasteiger partial charge in [0.25, 0.3) is 5.91 Å². The van der Waals surface area contributed by atoms with Crippen LogP contribution in [-0.4, -0.2) is 35.4 Å². The highest BCUT2D eigenvalue weighted by molar-refractivity contribution is 7.18. The van der Waals surface area contributed by atoms with Crippen LogP contribution in [0.25, 0.3) is 0 Å². The smallest absolute Gasteiger partial charge is 0.265 e. The zero-order chi connectivity index (χ0) is 14.8. The van der Waals surface area contributed by atoms with Crippen LogP contribution in [0.3, 0.4) is 0 Å². The fourth-order valence-corrected chi connectivity index (χ4v) is 3.29. The molecule has 2 heterocycles. The Labute approximate surface area is 126 Å². The van der Waals surface area contributed by atoms with Crippen molar-refractivity contribution >= 4 is 34.1 Å². The van der Waals surface area contributed by atoms with Gasteiger partial charge in [0.2, 0.25) is 5.91 Å². The predicted molar refractivity (Wildman–Crippen MR) is 81.3 cm³/mol. The van der Waals surface area contributed by atoms with Gasteiger partial charge in [-0.25, -0.2) is 4.98 Å². The van der Waals surface area contributed by atoms with Gasteiger partial charge in [-0.3, -0.25) is 9.59 Å². The third-order valence-corrected chi connectivity index (χ3v) is 4.89. The number of carbonyl (C=O) groups excluding carboxylic acids is 2. The molecule has 1 atom stereocenters. The normalized spacial score (nSPS) is 21.7. The highest BCUT2D eigenvalue weighted by Crippen LogP contribution is 2.29. The van der Waals surface area contributed by atoms with Crippen LogP contribution in [0.1, 0.15) is 41.8 Å². The van der Waals surface area contributed by atoms with E-state index >= 15 is 0 Å². The summed E-state index contributed by atoms with van der Waals surface area (Å²) in [4.78, 5) is 27.9. The van der Waals surface area contributed by atoms with Crippen LogP contribution in [-0.2, 0) is 4.79 Å². The summed E-state index contributed by atoms with van der Waals surface area (Å²) in [5.74, 6) is 0.0705. The molecule has 1 saturated heterocycles. The molecule has 3 rings (SSSR count). The van der Waals surface area contributed by atoms with Crippen LogP contribution in [0.15, 0.2) is 0 Å². The molecule has 1 aromatic rings. The Kier molecular flexibility index (Phi) is 3.96. The first-order valence-electron chi connectivity index (χ1n) is 7.22. The molecule has 1 aliphatic carbocycles. The average Bonchev–Trinajstić information content (AvgIpc) is 2.97. The molecular formula is C13H19N5O2S. The van der Waals surface area contributed by atoms with E-state index in [-0.39, 0.29) is 23.7 Å². The quantitative estimate of drug-likeness (QED) is 0.640. The van der Waals surface area contributed by atoms with Gasteiger partial charge >= 0.3 is 0 Å². The van der Waals surface area contributed by atoms with Crippen molar-refractivity contribution in [3.63, 3.8) is 0 Å². The molecule has 0 aromatic carbocycles. The Morgan fingerprint density at radius 1 is 1.43 bits per heavy atom. The summed E-state index contributed by atoms with van der Waals surface area (Å²) in [6.45, 7) is 0.424. The first-order valence-corrected chi connectivity index (χ1v) is 8.04. The van der Waals surface area contributed by atoms with Gasteiger partial charge in [-0.2, -0.15) is 0 Å². The highest BCUT2D eigenvalue weighted by Gasteiger charge is 2.24. The molecule has 1 aromatic heterocycles. The number of hydrogen-bond acceptors (Lipinski definition) is 6. The molecule has 0 radical (unpaired) electrons. The maximum atomic E-state index is 12.1. The number of nitrogen functional groups attached to an aromatic ring is 1. The second-order valence-corrected chi connectivity index (χ2v) is 6.52. The minimum Gasteiger partial charge on any atom is -0.382 e. The maximum absolute atomic E-state index is 12.1. The molecule has 2 amide bonds. The highest BCUT2D eigenvalue weighted by atomic mass is 32.1. The molecule has 8 heteroatoms. The number of rotatable bonds is 5. The van der Waals surface area contributed by atoms with Gasteiger partial charge in [0.1, 0.15) is 10.7 Å². The number of carbonyl (C=O) groups is 2. The number of hydrogen-bond donors (Lipinski definition) is 4. The van der Waals surface area contributed by atoms with Crippen LogP contribution in [0, 0.1) is 0 Å². The van der Waals surface area contributed by atoms with Gasteiger partial charge in [-0.15, -0.1) is 0 Å². The molecule has 2 aliphatic rings. The first-order chi connectivity index (χ1) is 10.1. The lowest BCUT2D eigenvalue weighted by Crippen LogP contribution is -2.38. The molecule has 114 valence electrons. The Hall–Kier alpha value is -1.83. The number of nitrogens with zero attached hydrogens (tertiary/aromatic N) is 1. The van der Waals surface area contributed by atoms with Crippen LogP contribution >= 0.6 is 11.3 Å². The largest absolute Gasteiger partial charge is 0.382 e. The van der Waals surface area contributed by atoms with Crippen LogP contribution in [0.4, 0.5) is 10.9 Å². The zero-order valence-electron chi connectivity index (χ0n) is 11.6. The first kappa shape index (κ1) is 14.1. The van der Waals surface area contributed by atoms with Gasteiger partial charge in [-0.1, -0.05) is 11.3 Å². The summed E-state index contributed by atoms with van der Waals surface area (Å²) >= 11 is 1.28. The lowest BCUT2D eigenvalue weighted by molar-refractivity contribution is -0.119. The molecule has 1 aliphatic heterocycles. The number of nitrogens with one attached hydrogen (secondary N) is 3. The van der Waals surface area contributed by atoms with E-state index in [0.29, 0.717) is 29.0 Å². The summed E-state index contributed by atoms with van der Waals surface area (Å²) in [5, 5.41) is 9.61. The van der Waals surface area contributed by atoms with E-state index < -0.39 is 0 Å². The molecule has 1 saturated carbocycles. The monoisotopic (exact) mass is 309 g/mol. The molecule has 5 N–H and O–H groups in total. The number of aromatic nitrogens is 1. The lowest BCUT2D eigenvalue weighted by atomic mass is 9.93. The number of anilines is 2. The van der Waals surface area contributed by atoms with Crippen molar-refractivity contribution in [2.45, 2.75) is 44.2 Å². The van der Waals surface area contributed by atoms with Crippen molar-refractivity contribution in [2.75, 3.05) is 17.6 Å². The topological polar surface area (TPSA) is 109 Å². The minimum atomic E-state index is -0.229. The minimum absolute atomic E-state index is 0.0168. The molecule has 1 unspecified atom stereocenters. The van der Waals surface area contributed by atoms with Crippen LogP contribution in [0.2, 0.25) is 0 Å². The third-order valence-electron chi connectivity index (χ3n) is 3.89. The fourth-order valence-electron chi connectivity index (χ4n) is 2.41. The van der Waals surface area contributed by atoms with Crippen molar-refractivity contribution in [3.8, 4) is 0 Å². The SMILES string of the molecule is Nc1nc(NC2CCC2)sc1C(=O)NCC1CCC(=O)N1. The zero-order valence-corrected chi connectivity index (χ0v) is 12.5. The van der Waals surface area contributed by atoms with E-state index in [1.54, 1.807) is 0 Å². The number of nitrogens with two attached hydrogens (primary N) is 1. The number of thiazole rings is 1. The summed E-state index contributed by atoms with van der Waals surface area (Å²) < 4.78 is 0. The molecule has 7 nitrogen and oxygen atoms in total. The third kappa shape index (κ3) is 3.26. The summed E-state index contributed by atoms with van der Waals surface area (Å²) in [6.07, 6.45) is 4.80. The van der Waals surface area contributed by atoms with Crippen molar-refractivity contribution in [1.82, 2.24) is 15.6 Å². The van der Waals surface area contributed by atoms with Crippen molar-refractivity contribution in [1.29, 1.82) is 0 Å². The fraction of sp³-hybridized carbons (Fsp3) is 0.615. The van der Waals surface area contributed by atoms with Crippen LogP contribution in [0.5, 0.6) is 0 Å². The van der Waals surface area contributed by atoms with Gasteiger partial charge in [0.05, 0.1) is 0 Å². The Bertz CT molecular complexity index is 555. The van der Waals surface area contributed by atoms with Crippen molar-refractivity contribution in [2.24, 2.45) is 0 Å². The summed E-state index contributed by atoms with van der Waals surface area (Å²) in [6, 6.07) is 0.475. The second kappa shape index (κ2) is 5.88. The molecule has 21 heavy (non-hydrogen) atoms. The van der Waals surface area contributed by atoms with Gasteiger partial charge in [0, 0.05) is 25.0 Å². The predicted octanol–water partition coefficient (Wildman–Crippen LogP) is 0.698. The summed E-state index contributed by atoms with van der Waals surface area (Å²) in [5.41, 5.74) is 5.81.